The summed E-state index contributed by atoms with van der Waals surface area (Å²) in [7, 11) is -1.63. The fourth-order valence-corrected chi connectivity index (χ4v) is 6.28. The number of rotatable bonds is 5. The highest BCUT2D eigenvalue weighted by Crippen LogP contribution is 2.37. The number of halogens is 1. The Morgan fingerprint density at radius 2 is 2.00 bits per heavy atom. The van der Waals surface area contributed by atoms with Crippen molar-refractivity contribution >= 4 is 36.9 Å². The first-order chi connectivity index (χ1) is 13.4. The number of ether oxygens (including phenoxy) is 1. The van der Waals surface area contributed by atoms with Gasteiger partial charge in [0.2, 0.25) is 0 Å². The van der Waals surface area contributed by atoms with E-state index in [9.17, 15) is 8.42 Å². The number of hydrogen-bond donors (Lipinski definition) is 0. The molecular weight excluding hydrogens is 440 g/mol. The Bertz CT molecular complexity index is 1120. The van der Waals surface area contributed by atoms with Crippen LogP contribution in [0.15, 0.2) is 58.0 Å². The Balaban J connectivity index is 1.93. The van der Waals surface area contributed by atoms with Crippen LogP contribution in [-0.2, 0) is 10.0 Å². The van der Waals surface area contributed by atoms with Crippen LogP contribution in [0.1, 0.15) is 24.8 Å². The fourth-order valence-electron chi connectivity index (χ4n) is 3.93. The molecule has 4 rings (SSSR count). The average molecular weight is 463 g/mol. The van der Waals surface area contributed by atoms with Crippen LogP contribution in [0.3, 0.4) is 0 Å². The molecule has 148 valence electrons. The second-order valence-corrected chi connectivity index (χ2v) is 9.81. The molecule has 1 aliphatic heterocycles. The van der Waals surface area contributed by atoms with Gasteiger partial charge in [-0.2, -0.15) is 0 Å². The van der Waals surface area contributed by atoms with Crippen LogP contribution < -0.4 is 4.74 Å². The van der Waals surface area contributed by atoms with Crippen LogP contribution in [0, 0.1) is 0 Å². The summed E-state index contributed by atoms with van der Waals surface area (Å²) in [6.45, 7) is 4.45. The molecule has 0 bridgehead atoms. The summed E-state index contributed by atoms with van der Waals surface area (Å²) in [5.41, 5.74) is 1.75. The van der Waals surface area contributed by atoms with Crippen molar-refractivity contribution in [2.45, 2.75) is 24.2 Å². The lowest BCUT2D eigenvalue weighted by Gasteiger charge is -2.10. The van der Waals surface area contributed by atoms with E-state index < -0.39 is 10.0 Å². The molecule has 0 amide bonds. The predicted molar refractivity (Wildman–Crippen MR) is 115 cm³/mol. The number of nitrogens with zero attached hydrogens (tertiary/aromatic N) is 2. The second-order valence-electron chi connectivity index (χ2n) is 7.18. The van der Waals surface area contributed by atoms with E-state index in [-0.39, 0.29) is 4.90 Å². The second kappa shape index (κ2) is 7.54. The van der Waals surface area contributed by atoms with Gasteiger partial charge < -0.3 is 9.64 Å². The fraction of sp³-hybridized carbons (Fsp3) is 0.333. The van der Waals surface area contributed by atoms with Crippen molar-refractivity contribution < 1.29 is 13.2 Å². The van der Waals surface area contributed by atoms with E-state index in [4.69, 9.17) is 4.74 Å². The first-order valence-electron chi connectivity index (χ1n) is 9.38. The van der Waals surface area contributed by atoms with Crippen LogP contribution >= 0.6 is 15.9 Å². The standard InChI is InChI=1S/C21H23BrN2O3S/c1-3-27-16-8-9-20-17(12-16)18(15-10-11-23(2)13-15)14-24(20)28(25,26)21-7-5-4-6-19(21)22/h4-9,12,14-15H,3,10-11,13H2,1-2H3. The van der Waals surface area contributed by atoms with Crippen LogP contribution in [-0.4, -0.2) is 44.0 Å². The molecule has 0 aliphatic carbocycles. The van der Waals surface area contributed by atoms with Crippen molar-refractivity contribution in [2.24, 2.45) is 0 Å². The van der Waals surface area contributed by atoms with Crippen LogP contribution in [0.2, 0.25) is 0 Å². The zero-order valence-corrected chi connectivity index (χ0v) is 18.3. The van der Waals surface area contributed by atoms with Gasteiger partial charge in [-0.25, -0.2) is 12.4 Å². The first-order valence-corrected chi connectivity index (χ1v) is 11.6. The molecule has 1 unspecified atom stereocenters. The topological polar surface area (TPSA) is 51.5 Å². The Morgan fingerprint density at radius 3 is 2.68 bits per heavy atom. The smallest absolute Gasteiger partial charge is 0.269 e. The maximum atomic E-state index is 13.5. The molecule has 3 aromatic rings. The summed E-state index contributed by atoms with van der Waals surface area (Å²) in [4.78, 5) is 2.54. The zero-order chi connectivity index (χ0) is 19.9. The molecule has 0 spiro atoms. The lowest BCUT2D eigenvalue weighted by Crippen LogP contribution is -2.14. The summed E-state index contributed by atoms with van der Waals surface area (Å²) in [5, 5.41) is 0.946. The minimum absolute atomic E-state index is 0.260. The molecule has 7 heteroatoms. The molecule has 0 N–H and O–H groups in total. The minimum Gasteiger partial charge on any atom is -0.494 e. The Kier molecular flexibility index (Phi) is 5.24. The van der Waals surface area contributed by atoms with E-state index in [2.05, 4.69) is 27.9 Å². The maximum Gasteiger partial charge on any atom is 0.269 e. The summed E-state index contributed by atoms with van der Waals surface area (Å²) in [5.74, 6) is 1.07. The highest BCUT2D eigenvalue weighted by atomic mass is 79.9. The van der Waals surface area contributed by atoms with E-state index in [0.29, 0.717) is 22.5 Å². The molecule has 1 atom stereocenters. The van der Waals surface area contributed by atoms with Gasteiger partial charge >= 0.3 is 0 Å². The van der Waals surface area contributed by atoms with Gasteiger partial charge in [-0.05, 0) is 84.7 Å². The molecular formula is C21H23BrN2O3S. The Labute approximate surface area is 174 Å². The number of likely N-dealkylation sites (tertiary alicyclic amines) is 1. The Morgan fingerprint density at radius 1 is 1.21 bits per heavy atom. The number of hydrogen-bond acceptors (Lipinski definition) is 4. The lowest BCUT2D eigenvalue weighted by molar-refractivity contribution is 0.340. The van der Waals surface area contributed by atoms with Crippen molar-refractivity contribution in [1.29, 1.82) is 0 Å². The molecule has 28 heavy (non-hydrogen) atoms. The SMILES string of the molecule is CCOc1ccc2c(c1)c(C1CCN(C)C1)cn2S(=O)(=O)c1ccccc1Br. The van der Waals surface area contributed by atoms with Crippen LogP contribution in [0.25, 0.3) is 10.9 Å². The number of aromatic nitrogens is 1. The quantitative estimate of drug-likeness (QED) is 0.561. The third kappa shape index (κ3) is 3.36. The van der Waals surface area contributed by atoms with Crippen molar-refractivity contribution in [2.75, 3.05) is 26.7 Å². The van der Waals surface area contributed by atoms with Crippen LogP contribution in [0.5, 0.6) is 5.75 Å². The zero-order valence-electron chi connectivity index (χ0n) is 15.9. The normalized spacial score (nSPS) is 18.0. The van der Waals surface area contributed by atoms with Crippen molar-refractivity contribution in [3.8, 4) is 5.75 Å². The average Bonchev–Trinajstić information content (AvgIpc) is 3.26. The van der Waals surface area contributed by atoms with Crippen molar-refractivity contribution in [3.63, 3.8) is 0 Å². The van der Waals surface area contributed by atoms with Gasteiger partial charge in [0.1, 0.15) is 10.6 Å². The van der Waals surface area contributed by atoms with Crippen LogP contribution in [0.4, 0.5) is 0 Å². The Hall–Kier alpha value is -1.83. The highest BCUT2D eigenvalue weighted by molar-refractivity contribution is 9.10. The van der Waals surface area contributed by atoms with Gasteiger partial charge in [-0.15, -0.1) is 0 Å². The molecule has 1 saturated heterocycles. The van der Waals surface area contributed by atoms with Crippen molar-refractivity contribution in [3.05, 3.63) is 58.7 Å². The molecule has 2 aromatic carbocycles. The summed E-state index contributed by atoms with van der Waals surface area (Å²) >= 11 is 3.39. The third-order valence-electron chi connectivity index (χ3n) is 5.29. The molecule has 5 nitrogen and oxygen atoms in total. The van der Waals surface area contributed by atoms with E-state index in [1.54, 1.807) is 24.4 Å². The van der Waals surface area contributed by atoms with Crippen molar-refractivity contribution in [1.82, 2.24) is 8.87 Å². The number of likely N-dealkylation sites (N-methyl/N-ethyl adjacent to an activating group) is 1. The third-order valence-corrected chi connectivity index (χ3v) is 7.97. The minimum atomic E-state index is -3.73. The number of fused-ring (bicyclic) bond motifs is 1. The monoisotopic (exact) mass is 462 g/mol. The summed E-state index contributed by atoms with van der Waals surface area (Å²) < 4.78 is 34.6. The van der Waals surface area contributed by atoms with Gasteiger partial charge in [0, 0.05) is 22.6 Å². The van der Waals surface area contributed by atoms with Gasteiger partial charge in [-0.3, -0.25) is 0 Å². The number of benzene rings is 2. The molecule has 0 saturated carbocycles. The van der Waals surface area contributed by atoms with Gasteiger partial charge in [-0.1, -0.05) is 12.1 Å². The largest absolute Gasteiger partial charge is 0.494 e. The van der Waals surface area contributed by atoms with Gasteiger partial charge in [0.05, 0.1) is 12.1 Å². The molecule has 1 aliphatic rings. The molecule has 1 aromatic heterocycles. The van der Waals surface area contributed by atoms with E-state index in [0.717, 1.165) is 36.2 Å². The predicted octanol–water partition coefficient (Wildman–Crippen LogP) is 4.46. The van der Waals surface area contributed by atoms with E-state index in [1.165, 1.54) is 3.97 Å². The van der Waals surface area contributed by atoms with Gasteiger partial charge in [0.15, 0.2) is 0 Å². The highest BCUT2D eigenvalue weighted by Gasteiger charge is 2.29. The first kappa shape index (κ1) is 19.5. The van der Waals surface area contributed by atoms with E-state index in [1.807, 2.05) is 31.2 Å². The van der Waals surface area contributed by atoms with Gasteiger partial charge in [0.25, 0.3) is 10.0 Å². The molecule has 0 radical (unpaired) electrons. The summed E-state index contributed by atoms with van der Waals surface area (Å²) in [6.07, 6.45) is 2.82. The molecule has 1 fully saturated rings. The summed E-state index contributed by atoms with van der Waals surface area (Å²) in [6, 6.07) is 12.6. The lowest BCUT2D eigenvalue weighted by atomic mass is 9.98. The molecule has 2 heterocycles. The maximum absolute atomic E-state index is 13.5. The van der Waals surface area contributed by atoms with E-state index >= 15 is 0 Å².